The highest BCUT2D eigenvalue weighted by atomic mass is 19.1. The van der Waals surface area contributed by atoms with Crippen LogP contribution >= 0.6 is 0 Å². The van der Waals surface area contributed by atoms with E-state index in [2.05, 4.69) is 22.6 Å². The highest BCUT2D eigenvalue weighted by Gasteiger charge is 2.47. The van der Waals surface area contributed by atoms with Crippen LogP contribution in [0, 0.1) is 23.1 Å². The van der Waals surface area contributed by atoms with Gasteiger partial charge in [-0.3, -0.25) is 4.79 Å². The van der Waals surface area contributed by atoms with Crippen LogP contribution in [0.15, 0.2) is 36.2 Å². The van der Waals surface area contributed by atoms with Gasteiger partial charge in [0.15, 0.2) is 0 Å². The van der Waals surface area contributed by atoms with Gasteiger partial charge in [0.2, 0.25) is 0 Å². The van der Waals surface area contributed by atoms with Crippen LogP contribution in [0.5, 0.6) is 0 Å². The Bertz CT molecular complexity index is 956. The monoisotopic (exact) mass is 394 g/mol. The average Bonchev–Trinajstić information content (AvgIpc) is 3.14. The molecule has 3 heterocycles. The largest absolute Gasteiger partial charge is 0.381 e. The van der Waals surface area contributed by atoms with Crippen LogP contribution in [0.4, 0.5) is 4.39 Å². The van der Waals surface area contributed by atoms with Crippen molar-refractivity contribution in [3.05, 3.63) is 47.7 Å². The van der Waals surface area contributed by atoms with Gasteiger partial charge < -0.3 is 9.30 Å². The zero-order valence-electron chi connectivity index (χ0n) is 16.9. The molecule has 2 aromatic rings. The standard InChI is InChI=1S/C24H27FN2O2/c1-24-14-27-15-26-22(16-5-7-19(25)8-6-16)21(27)13-18(24)3-2-4-20(24)23(28)17-9-11-29-12-10-17/h5-8,13,15,17,20H,2-4,9-12,14H2,1H3/t20-,24+/m1/s1. The second-order valence-electron chi connectivity index (χ2n) is 8.93. The summed E-state index contributed by atoms with van der Waals surface area (Å²) < 4.78 is 21.0. The first-order chi connectivity index (χ1) is 14.1. The zero-order valence-corrected chi connectivity index (χ0v) is 16.9. The SMILES string of the molecule is C[C@]12Cn3cnc(-c4ccc(F)cc4)c3C=C1CCC[C@@H]2C(=O)C1CCOCC1. The molecule has 2 aliphatic heterocycles. The van der Waals surface area contributed by atoms with Crippen molar-refractivity contribution in [2.24, 2.45) is 17.3 Å². The van der Waals surface area contributed by atoms with E-state index >= 15 is 0 Å². The van der Waals surface area contributed by atoms with Crippen molar-refractivity contribution >= 4 is 11.9 Å². The molecule has 0 spiro atoms. The van der Waals surface area contributed by atoms with Gasteiger partial charge in [-0.05, 0) is 62.4 Å². The first-order valence-corrected chi connectivity index (χ1v) is 10.7. The molecule has 1 aromatic carbocycles. The number of benzene rings is 1. The molecule has 0 bridgehead atoms. The summed E-state index contributed by atoms with van der Waals surface area (Å²) in [6.45, 7) is 4.45. The third kappa shape index (κ3) is 3.16. The van der Waals surface area contributed by atoms with E-state index in [1.54, 1.807) is 12.1 Å². The molecule has 2 atom stereocenters. The Hall–Kier alpha value is -2.27. The zero-order chi connectivity index (χ0) is 20.0. The molecule has 1 aromatic heterocycles. The minimum Gasteiger partial charge on any atom is -0.381 e. The third-order valence-corrected chi connectivity index (χ3v) is 7.21. The summed E-state index contributed by atoms with van der Waals surface area (Å²) in [6.07, 6.45) is 8.89. The number of carbonyl (C=O) groups excluding carboxylic acids is 1. The summed E-state index contributed by atoms with van der Waals surface area (Å²) in [4.78, 5) is 18.1. The van der Waals surface area contributed by atoms with Crippen molar-refractivity contribution in [2.45, 2.75) is 45.6 Å². The average molecular weight is 394 g/mol. The van der Waals surface area contributed by atoms with Gasteiger partial charge in [0.1, 0.15) is 11.6 Å². The fourth-order valence-corrected chi connectivity index (χ4v) is 5.51. The first kappa shape index (κ1) is 18.7. The van der Waals surface area contributed by atoms with Crippen LogP contribution in [0.2, 0.25) is 0 Å². The van der Waals surface area contributed by atoms with E-state index in [9.17, 15) is 9.18 Å². The number of fused-ring (bicyclic) bond motifs is 2. The van der Waals surface area contributed by atoms with Gasteiger partial charge in [0.25, 0.3) is 0 Å². The minimum absolute atomic E-state index is 0.0652. The van der Waals surface area contributed by atoms with Crippen LogP contribution in [-0.2, 0) is 16.1 Å². The van der Waals surface area contributed by atoms with E-state index in [1.807, 2.05) is 6.33 Å². The molecule has 0 N–H and O–H groups in total. The van der Waals surface area contributed by atoms with Gasteiger partial charge in [-0.25, -0.2) is 9.37 Å². The van der Waals surface area contributed by atoms with Crippen molar-refractivity contribution in [1.82, 2.24) is 9.55 Å². The van der Waals surface area contributed by atoms with Crippen LogP contribution < -0.4 is 0 Å². The molecule has 1 saturated heterocycles. The number of rotatable bonds is 3. The lowest BCUT2D eigenvalue weighted by Gasteiger charge is -2.46. The number of allylic oxidation sites excluding steroid dienone is 1. The number of nitrogens with zero attached hydrogens (tertiary/aromatic N) is 2. The van der Waals surface area contributed by atoms with Gasteiger partial charge in [0, 0.05) is 42.6 Å². The lowest BCUT2D eigenvalue weighted by Crippen LogP contribution is -2.45. The second kappa shape index (κ2) is 7.21. The first-order valence-electron chi connectivity index (χ1n) is 10.7. The Labute approximate surface area is 170 Å². The maximum absolute atomic E-state index is 13.4. The number of ether oxygens (including phenoxy) is 1. The summed E-state index contributed by atoms with van der Waals surface area (Å²) in [5.74, 6) is 0.400. The summed E-state index contributed by atoms with van der Waals surface area (Å²) >= 11 is 0. The molecule has 0 unspecified atom stereocenters. The predicted molar refractivity (Wildman–Crippen MR) is 110 cm³/mol. The number of imidazole rings is 1. The van der Waals surface area contributed by atoms with Crippen LogP contribution in [0.1, 0.15) is 44.7 Å². The molecular weight excluding hydrogens is 367 g/mol. The number of Topliss-reactive ketones (excluding diaryl/α,β-unsaturated/α-hetero) is 1. The van der Waals surface area contributed by atoms with Crippen LogP contribution in [0.25, 0.3) is 17.3 Å². The lowest BCUT2D eigenvalue weighted by molar-refractivity contribution is -0.134. The van der Waals surface area contributed by atoms with E-state index < -0.39 is 0 Å². The van der Waals surface area contributed by atoms with Gasteiger partial charge in [0.05, 0.1) is 17.7 Å². The molecule has 0 radical (unpaired) electrons. The van der Waals surface area contributed by atoms with Crippen molar-refractivity contribution in [2.75, 3.05) is 13.2 Å². The smallest absolute Gasteiger partial charge is 0.140 e. The van der Waals surface area contributed by atoms with Crippen molar-refractivity contribution in [3.63, 3.8) is 0 Å². The number of ketones is 1. The fourth-order valence-electron chi connectivity index (χ4n) is 5.51. The normalized spacial score (nSPS) is 27.1. The molecule has 3 aliphatic rings. The van der Waals surface area contributed by atoms with Crippen molar-refractivity contribution in [3.8, 4) is 11.3 Å². The summed E-state index contributed by atoms with van der Waals surface area (Å²) in [5.41, 5.74) is 4.10. The molecule has 1 aliphatic carbocycles. The molecule has 5 rings (SSSR count). The van der Waals surface area contributed by atoms with Crippen molar-refractivity contribution in [1.29, 1.82) is 0 Å². The molecule has 4 nitrogen and oxygen atoms in total. The van der Waals surface area contributed by atoms with Crippen LogP contribution in [0.3, 0.4) is 0 Å². The Kier molecular flexibility index (Phi) is 4.66. The molecular formula is C24H27FN2O2. The highest BCUT2D eigenvalue weighted by molar-refractivity contribution is 5.85. The lowest BCUT2D eigenvalue weighted by atomic mass is 9.60. The van der Waals surface area contributed by atoms with Gasteiger partial charge in [-0.2, -0.15) is 0 Å². The Morgan fingerprint density at radius 3 is 2.72 bits per heavy atom. The number of carbonyl (C=O) groups is 1. The molecule has 152 valence electrons. The number of halogens is 1. The molecule has 2 fully saturated rings. The predicted octanol–water partition coefficient (Wildman–Crippen LogP) is 4.89. The summed E-state index contributed by atoms with van der Waals surface area (Å²) in [6, 6.07) is 6.51. The van der Waals surface area contributed by atoms with E-state index in [-0.39, 0.29) is 23.1 Å². The van der Waals surface area contributed by atoms with E-state index in [0.29, 0.717) is 19.0 Å². The molecule has 29 heavy (non-hydrogen) atoms. The Balaban J connectivity index is 1.48. The maximum atomic E-state index is 13.4. The topological polar surface area (TPSA) is 44.1 Å². The van der Waals surface area contributed by atoms with E-state index in [4.69, 9.17) is 4.74 Å². The molecule has 1 saturated carbocycles. The van der Waals surface area contributed by atoms with Gasteiger partial charge in [-0.15, -0.1) is 0 Å². The Morgan fingerprint density at radius 1 is 1.21 bits per heavy atom. The Morgan fingerprint density at radius 2 is 1.97 bits per heavy atom. The third-order valence-electron chi connectivity index (χ3n) is 7.21. The highest BCUT2D eigenvalue weighted by Crippen LogP contribution is 2.51. The molecule has 0 amide bonds. The summed E-state index contributed by atoms with van der Waals surface area (Å²) in [5, 5.41) is 0. The van der Waals surface area contributed by atoms with Crippen LogP contribution in [-0.4, -0.2) is 28.5 Å². The van der Waals surface area contributed by atoms with E-state index in [0.717, 1.165) is 55.6 Å². The molecule has 5 heteroatoms. The maximum Gasteiger partial charge on any atom is 0.140 e. The quantitative estimate of drug-likeness (QED) is 0.745. The second-order valence-corrected chi connectivity index (χ2v) is 8.93. The number of hydrogen-bond acceptors (Lipinski definition) is 3. The van der Waals surface area contributed by atoms with Gasteiger partial charge in [-0.1, -0.05) is 12.5 Å². The number of aromatic nitrogens is 2. The number of hydrogen-bond donors (Lipinski definition) is 0. The van der Waals surface area contributed by atoms with Gasteiger partial charge >= 0.3 is 0 Å². The minimum atomic E-state index is -0.241. The van der Waals surface area contributed by atoms with Crippen molar-refractivity contribution < 1.29 is 13.9 Å². The van der Waals surface area contributed by atoms with E-state index in [1.165, 1.54) is 17.7 Å². The fraction of sp³-hybridized carbons (Fsp3) is 0.500. The summed E-state index contributed by atoms with van der Waals surface area (Å²) in [7, 11) is 0.